The Morgan fingerprint density at radius 2 is 1.43 bits per heavy atom. The number of hydrogen-bond donors (Lipinski definition) is 5. The van der Waals surface area contributed by atoms with Crippen molar-refractivity contribution in [3.8, 4) is 11.5 Å². The zero-order valence-corrected chi connectivity index (χ0v) is 51.3. The zero-order valence-electron chi connectivity index (χ0n) is 51.3. The summed E-state index contributed by atoms with van der Waals surface area (Å²) in [6.45, 7) is 17.1. The lowest BCUT2D eigenvalue weighted by molar-refractivity contribution is -0.163. The van der Waals surface area contributed by atoms with Crippen molar-refractivity contribution in [2.24, 2.45) is 29.6 Å². The summed E-state index contributed by atoms with van der Waals surface area (Å²) < 4.78 is 17.3. The molecule has 3 aliphatic heterocycles. The van der Waals surface area contributed by atoms with E-state index >= 15 is 14.4 Å². The number of amides is 7. The van der Waals surface area contributed by atoms with Crippen molar-refractivity contribution in [2.75, 3.05) is 34.3 Å². The molecule has 0 bridgehead atoms. The molecular weight excluding hydrogens is 1080 g/mol. The van der Waals surface area contributed by atoms with E-state index in [1.54, 1.807) is 64.1 Å². The molecule has 5 N–H and O–H groups in total. The second-order valence-corrected chi connectivity index (χ2v) is 24.4. The smallest absolute Gasteiger partial charge is 0.329 e. The monoisotopic (exact) mass is 1170 g/mol. The fourth-order valence-corrected chi connectivity index (χ4v) is 11.2. The molecule has 22 heteroatoms. The highest BCUT2D eigenvalue weighted by Gasteiger charge is 2.46. The molecule has 3 fully saturated rings. The molecule has 7 amide bonds. The average molecular weight is 1170 g/mol. The maximum absolute atomic E-state index is 15.0. The number of phenolic OH excluding ortho intramolecular Hbond substituents is 1. The van der Waals surface area contributed by atoms with Gasteiger partial charge in [-0.1, -0.05) is 79.7 Å². The molecule has 3 heterocycles. The highest BCUT2D eigenvalue weighted by Crippen LogP contribution is 2.28. The Kier molecular flexibility index (Phi) is 24.7. The number of nitrogens with zero attached hydrogens (tertiary/aromatic N) is 4. The van der Waals surface area contributed by atoms with Crippen LogP contribution in [-0.4, -0.2) is 184 Å². The van der Waals surface area contributed by atoms with E-state index in [9.17, 15) is 43.8 Å². The Morgan fingerprint density at radius 1 is 0.798 bits per heavy atom. The zero-order chi connectivity index (χ0) is 62.4. The lowest BCUT2D eigenvalue weighted by Gasteiger charge is -2.36. The molecule has 11 atom stereocenters. The normalized spacial score (nSPS) is 26.0. The Balaban J connectivity index is 1.57. The van der Waals surface area contributed by atoms with Gasteiger partial charge < -0.3 is 60.0 Å². The third-order valence-electron chi connectivity index (χ3n) is 16.2. The van der Waals surface area contributed by atoms with Gasteiger partial charge in [0.25, 0.3) is 0 Å². The fourth-order valence-electron chi connectivity index (χ4n) is 11.2. The Morgan fingerprint density at radius 3 is 2.02 bits per heavy atom. The van der Waals surface area contributed by atoms with Gasteiger partial charge in [0, 0.05) is 40.0 Å². The molecule has 84 heavy (non-hydrogen) atoms. The van der Waals surface area contributed by atoms with Crippen LogP contribution in [0.25, 0.3) is 0 Å². The number of esters is 2. The number of aliphatic hydroxyl groups is 1. The number of carbonyl (C=O) groups excluding carboxylic acids is 10. The number of likely N-dealkylation sites (N-methyl/N-ethyl adjacent to an activating group) is 2. The van der Waals surface area contributed by atoms with Gasteiger partial charge in [0.05, 0.1) is 31.6 Å². The molecule has 3 aliphatic rings. The minimum Gasteiger partial charge on any atom is -0.508 e. The predicted octanol–water partition coefficient (Wildman–Crippen LogP) is 3.88. The molecule has 3 saturated heterocycles. The van der Waals surface area contributed by atoms with Gasteiger partial charge in [0.15, 0.2) is 11.9 Å². The number of likely N-dealkylation sites (tertiary alicyclic amines) is 1. The van der Waals surface area contributed by atoms with Gasteiger partial charge in [0.1, 0.15) is 53.9 Å². The molecule has 0 aromatic heterocycles. The Bertz CT molecular complexity index is 2650. The first-order chi connectivity index (χ1) is 39.5. The molecule has 0 aliphatic carbocycles. The van der Waals surface area contributed by atoms with E-state index in [2.05, 4.69) is 16.0 Å². The second-order valence-electron chi connectivity index (χ2n) is 24.4. The number of ether oxygens (including phenoxy) is 3. The first-order valence-electron chi connectivity index (χ1n) is 29.6. The summed E-state index contributed by atoms with van der Waals surface area (Å²) in [4.78, 5) is 150. The summed E-state index contributed by atoms with van der Waals surface area (Å²) in [5.41, 5.74) is 1.39. The number of benzene rings is 2. The summed E-state index contributed by atoms with van der Waals surface area (Å²) in [7, 11) is 4.35. The fraction of sp³-hybridized carbons (Fsp3) is 0.645. The highest BCUT2D eigenvalue weighted by molar-refractivity contribution is 6.05. The van der Waals surface area contributed by atoms with Crippen molar-refractivity contribution in [3.05, 3.63) is 59.7 Å². The minimum atomic E-state index is -1.76. The van der Waals surface area contributed by atoms with Crippen LogP contribution in [0.2, 0.25) is 0 Å². The third kappa shape index (κ3) is 17.7. The quantitative estimate of drug-likeness (QED) is 0.118. The van der Waals surface area contributed by atoms with Crippen LogP contribution in [-0.2, 0) is 70.3 Å². The minimum absolute atomic E-state index is 0.0894. The summed E-state index contributed by atoms with van der Waals surface area (Å²) in [6.07, 6.45) is -3.38. The van der Waals surface area contributed by atoms with Crippen LogP contribution < -0.4 is 20.7 Å². The number of hydrogen-bond acceptors (Lipinski definition) is 15. The molecule has 2 aromatic carbocycles. The number of aromatic hydroxyl groups is 1. The van der Waals surface area contributed by atoms with E-state index in [1.807, 2.05) is 27.7 Å². The number of fused-ring (bicyclic) bond motifs is 1. The molecular formula is C62H91N7O15. The summed E-state index contributed by atoms with van der Waals surface area (Å²) in [5.74, 6) is -9.74. The van der Waals surface area contributed by atoms with Crippen LogP contribution in [0.3, 0.4) is 0 Å². The van der Waals surface area contributed by atoms with E-state index in [1.165, 1.54) is 66.8 Å². The van der Waals surface area contributed by atoms with E-state index < -0.39 is 138 Å². The van der Waals surface area contributed by atoms with Crippen molar-refractivity contribution >= 4 is 59.1 Å². The number of ketones is 1. The summed E-state index contributed by atoms with van der Waals surface area (Å²) >= 11 is 0. The molecule has 5 rings (SSSR count). The number of phenols is 1. The van der Waals surface area contributed by atoms with Crippen molar-refractivity contribution < 1.29 is 72.4 Å². The van der Waals surface area contributed by atoms with Crippen molar-refractivity contribution in [3.63, 3.8) is 0 Å². The van der Waals surface area contributed by atoms with Crippen LogP contribution in [0.1, 0.15) is 132 Å². The largest absolute Gasteiger partial charge is 0.508 e. The van der Waals surface area contributed by atoms with Gasteiger partial charge in [-0.05, 0) is 118 Å². The van der Waals surface area contributed by atoms with Crippen molar-refractivity contribution in [1.29, 1.82) is 0 Å². The molecule has 0 saturated carbocycles. The van der Waals surface area contributed by atoms with Gasteiger partial charge in [-0.25, -0.2) is 4.79 Å². The molecule has 0 spiro atoms. The molecule has 464 valence electrons. The Labute approximate surface area is 494 Å². The lowest BCUT2D eigenvalue weighted by Crippen LogP contribution is -2.62. The standard InChI is InChI=1S/C62H91N7O15/c1-34(2)30-44-59(78)69-29-15-17-46(69)61(80)67(12)48(32-41-20-25-43(82-13)26-21-41)62(81)83-39(10)53(58(77)64-52(36(5)6)49(71)33-51(73)84-55(37(7)8)54(74)38(9)56(75)63-44)65-57(76)47(31-35(3)4)66(11)60(79)45-16-14-28-68(45)50(72)27-22-40-18-23-42(70)24-19-40/h18-21,23-26,34-39,44-49,52-53,55,70-71H,14-17,22,27-33H2,1-13H3,(H,63,75)(H,64,77)(H,65,76)/t38-,39-,44?,45-,46-,47+,48+,49-,52+,53-,55-/m0/s1. The van der Waals surface area contributed by atoms with Gasteiger partial charge in [-0.3, -0.25) is 43.2 Å². The number of cyclic esters (lactones) is 2. The first-order valence-corrected chi connectivity index (χ1v) is 29.6. The van der Waals surface area contributed by atoms with E-state index in [4.69, 9.17) is 14.2 Å². The topological polar surface area (TPSA) is 288 Å². The number of methoxy groups -OCH3 is 1. The van der Waals surface area contributed by atoms with Crippen LogP contribution in [0.5, 0.6) is 11.5 Å². The molecule has 22 nitrogen and oxygen atoms in total. The number of aryl methyl sites for hydroxylation is 1. The van der Waals surface area contributed by atoms with Crippen LogP contribution >= 0.6 is 0 Å². The maximum atomic E-state index is 15.0. The van der Waals surface area contributed by atoms with Gasteiger partial charge >= 0.3 is 11.9 Å². The molecule has 2 aromatic rings. The van der Waals surface area contributed by atoms with Crippen LogP contribution in [0, 0.1) is 29.6 Å². The van der Waals surface area contributed by atoms with Gasteiger partial charge in [0.2, 0.25) is 41.4 Å². The Hall–Kier alpha value is -7.10. The van der Waals surface area contributed by atoms with Gasteiger partial charge in [-0.2, -0.15) is 0 Å². The number of Topliss-reactive ketones (excluding diaryl/α,β-unsaturated/α-hetero) is 1. The SMILES string of the molecule is COc1ccc(C[C@@H]2C(=O)O[C@@H](C)[C@H](NC(=O)[C@@H](CC(C)C)N(C)C(=O)[C@@H]3CCCN3C(=O)CCc3ccc(O)cc3)C(=O)N[C@H](C(C)C)[C@@H](O)CC(=O)O[C@@H](C(C)C)C(=O)[C@H](C)C(=O)NC(CC(C)C)C(=O)N3CCC[C@H]3C(=O)N2C)cc1. The molecule has 1 unspecified atom stereocenters. The van der Waals surface area contributed by atoms with E-state index in [0.717, 1.165) is 5.56 Å². The number of carbonyl (C=O) groups is 10. The summed E-state index contributed by atoms with van der Waals surface area (Å²) in [5, 5.41) is 29.8. The number of nitrogens with one attached hydrogen (secondary N) is 3. The first kappa shape index (κ1) is 67.7. The average Bonchev–Trinajstić information content (AvgIpc) is 3.45. The van der Waals surface area contributed by atoms with Crippen LogP contribution in [0.4, 0.5) is 0 Å². The lowest BCUT2D eigenvalue weighted by atomic mass is 9.92. The number of aliphatic hydroxyl groups excluding tert-OH is 1. The second kappa shape index (κ2) is 30.6. The van der Waals surface area contributed by atoms with E-state index in [0.29, 0.717) is 43.5 Å². The number of rotatable bonds is 16. The van der Waals surface area contributed by atoms with Crippen molar-refractivity contribution in [1.82, 2.24) is 35.6 Å². The summed E-state index contributed by atoms with van der Waals surface area (Å²) in [6, 6.07) is 4.42. The predicted molar refractivity (Wildman–Crippen MR) is 310 cm³/mol. The molecule has 0 radical (unpaired) electrons. The maximum Gasteiger partial charge on any atom is 0.329 e. The highest BCUT2D eigenvalue weighted by atomic mass is 16.6. The van der Waals surface area contributed by atoms with E-state index in [-0.39, 0.29) is 62.1 Å². The third-order valence-corrected chi connectivity index (χ3v) is 16.2. The van der Waals surface area contributed by atoms with Crippen LogP contribution in [0.15, 0.2) is 48.5 Å². The van der Waals surface area contributed by atoms with Gasteiger partial charge in [-0.15, -0.1) is 0 Å². The van der Waals surface area contributed by atoms with Crippen molar-refractivity contribution in [2.45, 2.75) is 194 Å².